The summed E-state index contributed by atoms with van der Waals surface area (Å²) in [7, 11) is 0. The van der Waals surface area contributed by atoms with Gasteiger partial charge in [-0.25, -0.2) is 0 Å². The van der Waals surface area contributed by atoms with Crippen molar-refractivity contribution in [1.82, 2.24) is 5.32 Å². The Kier molecular flexibility index (Phi) is 3.53. The summed E-state index contributed by atoms with van der Waals surface area (Å²) < 4.78 is 5.34. The van der Waals surface area contributed by atoms with Gasteiger partial charge in [0.05, 0.1) is 12.5 Å². The lowest BCUT2D eigenvalue weighted by atomic mass is 10.2. The predicted octanol–water partition coefficient (Wildman–Crippen LogP) is 1.08. The number of rotatable bonds is 3. The average Bonchev–Trinajstić information content (AvgIpc) is 2.37. The molecule has 1 amide bonds. The maximum absolute atomic E-state index is 11.2. The van der Waals surface area contributed by atoms with Crippen molar-refractivity contribution in [2.45, 2.75) is 45.3 Å². The molecule has 3 nitrogen and oxygen atoms in total. The molecule has 1 saturated heterocycles. The molecule has 0 aliphatic carbocycles. The standard InChI is InChI=1S/C9H17NO2/c1-7(2)10-9(11)6-8-4-3-5-12-8/h7-8H,3-6H2,1-2H3,(H,10,11). The van der Waals surface area contributed by atoms with Crippen LogP contribution < -0.4 is 5.32 Å². The fourth-order valence-corrected chi connectivity index (χ4v) is 1.39. The molecule has 0 radical (unpaired) electrons. The number of hydrogen-bond acceptors (Lipinski definition) is 2. The van der Waals surface area contributed by atoms with Crippen molar-refractivity contribution in [3.8, 4) is 0 Å². The number of nitrogens with one attached hydrogen (secondary N) is 1. The average molecular weight is 171 g/mol. The molecule has 1 unspecified atom stereocenters. The SMILES string of the molecule is CC(C)NC(=O)CC1CCCO1. The molecule has 1 atom stereocenters. The molecule has 3 heteroatoms. The van der Waals surface area contributed by atoms with Gasteiger partial charge in [-0.2, -0.15) is 0 Å². The monoisotopic (exact) mass is 171 g/mol. The van der Waals surface area contributed by atoms with Crippen LogP contribution in [-0.4, -0.2) is 24.7 Å². The normalized spacial score (nSPS) is 23.1. The van der Waals surface area contributed by atoms with Gasteiger partial charge < -0.3 is 10.1 Å². The Morgan fingerprint density at radius 3 is 2.92 bits per heavy atom. The van der Waals surface area contributed by atoms with Gasteiger partial charge in [0.1, 0.15) is 0 Å². The van der Waals surface area contributed by atoms with Crippen LogP contribution in [0.4, 0.5) is 0 Å². The lowest BCUT2D eigenvalue weighted by Gasteiger charge is -2.11. The Morgan fingerprint density at radius 2 is 2.42 bits per heavy atom. The molecular formula is C9H17NO2. The second-order valence-electron chi connectivity index (χ2n) is 3.56. The van der Waals surface area contributed by atoms with Crippen LogP contribution in [0.25, 0.3) is 0 Å². The van der Waals surface area contributed by atoms with Crippen LogP contribution in [0.3, 0.4) is 0 Å². The molecule has 1 N–H and O–H groups in total. The molecule has 0 spiro atoms. The first-order valence-electron chi connectivity index (χ1n) is 4.59. The third-order valence-electron chi connectivity index (χ3n) is 1.89. The summed E-state index contributed by atoms with van der Waals surface area (Å²) >= 11 is 0. The van der Waals surface area contributed by atoms with Crippen molar-refractivity contribution >= 4 is 5.91 Å². The molecule has 0 saturated carbocycles. The zero-order valence-corrected chi connectivity index (χ0v) is 7.80. The Bertz CT molecular complexity index is 151. The van der Waals surface area contributed by atoms with Gasteiger partial charge in [-0.1, -0.05) is 0 Å². The molecule has 12 heavy (non-hydrogen) atoms. The molecular weight excluding hydrogens is 154 g/mol. The second kappa shape index (κ2) is 4.45. The fraction of sp³-hybridized carbons (Fsp3) is 0.889. The maximum atomic E-state index is 11.2. The smallest absolute Gasteiger partial charge is 0.222 e. The van der Waals surface area contributed by atoms with Gasteiger partial charge in [0, 0.05) is 12.6 Å². The van der Waals surface area contributed by atoms with Gasteiger partial charge >= 0.3 is 0 Å². The van der Waals surface area contributed by atoms with E-state index in [4.69, 9.17) is 4.74 Å². The van der Waals surface area contributed by atoms with E-state index in [0.717, 1.165) is 19.4 Å². The van der Waals surface area contributed by atoms with E-state index in [1.54, 1.807) is 0 Å². The highest BCUT2D eigenvalue weighted by atomic mass is 16.5. The molecule has 1 aliphatic rings. The van der Waals surface area contributed by atoms with E-state index in [-0.39, 0.29) is 18.1 Å². The number of amides is 1. The Morgan fingerprint density at radius 1 is 1.67 bits per heavy atom. The highest BCUT2D eigenvalue weighted by Crippen LogP contribution is 2.14. The molecule has 0 bridgehead atoms. The Labute approximate surface area is 73.5 Å². The van der Waals surface area contributed by atoms with Crippen LogP contribution in [0.2, 0.25) is 0 Å². The highest BCUT2D eigenvalue weighted by Gasteiger charge is 2.18. The zero-order chi connectivity index (χ0) is 8.97. The van der Waals surface area contributed by atoms with E-state index in [1.165, 1.54) is 0 Å². The van der Waals surface area contributed by atoms with Crippen LogP contribution in [0, 0.1) is 0 Å². The van der Waals surface area contributed by atoms with Crippen molar-refractivity contribution in [3.05, 3.63) is 0 Å². The quantitative estimate of drug-likeness (QED) is 0.690. The lowest BCUT2D eigenvalue weighted by molar-refractivity contribution is -0.123. The van der Waals surface area contributed by atoms with Crippen LogP contribution in [0.5, 0.6) is 0 Å². The first-order chi connectivity index (χ1) is 5.68. The van der Waals surface area contributed by atoms with E-state index >= 15 is 0 Å². The van der Waals surface area contributed by atoms with E-state index in [2.05, 4.69) is 5.32 Å². The topological polar surface area (TPSA) is 38.3 Å². The van der Waals surface area contributed by atoms with E-state index in [0.29, 0.717) is 6.42 Å². The van der Waals surface area contributed by atoms with Crippen molar-refractivity contribution in [1.29, 1.82) is 0 Å². The fourth-order valence-electron chi connectivity index (χ4n) is 1.39. The number of carbonyl (C=O) groups excluding carboxylic acids is 1. The van der Waals surface area contributed by atoms with Gasteiger partial charge in [0.15, 0.2) is 0 Å². The largest absolute Gasteiger partial charge is 0.378 e. The molecule has 1 aliphatic heterocycles. The van der Waals surface area contributed by atoms with Crippen molar-refractivity contribution in [3.63, 3.8) is 0 Å². The van der Waals surface area contributed by atoms with Crippen LogP contribution in [-0.2, 0) is 9.53 Å². The van der Waals surface area contributed by atoms with Gasteiger partial charge in [0.2, 0.25) is 5.91 Å². The third-order valence-corrected chi connectivity index (χ3v) is 1.89. The second-order valence-corrected chi connectivity index (χ2v) is 3.56. The van der Waals surface area contributed by atoms with Crippen molar-refractivity contribution < 1.29 is 9.53 Å². The highest BCUT2D eigenvalue weighted by molar-refractivity contribution is 5.76. The molecule has 1 rings (SSSR count). The van der Waals surface area contributed by atoms with E-state index in [1.807, 2.05) is 13.8 Å². The molecule has 70 valence electrons. The summed E-state index contributed by atoms with van der Waals surface area (Å²) in [5, 5.41) is 2.85. The van der Waals surface area contributed by atoms with E-state index in [9.17, 15) is 4.79 Å². The number of carbonyl (C=O) groups is 1. The molecule has 0 aromatic heterocycles. The van der Waals surface area contributed by atoms with Gasteiger partial charge in [-0.05, 0) is 26.7 Å². The summed E-state index contributed by atoms with van der Waals surface area (Å²) in [6.07, 6.45) is 2.83. The summed E-state index contributed by atoms with van der Waals surface area (Å²) in [5.41, 5.74) is 0. The minimum Gasteiger partial charge on any atom is -0.378 e. The number of hydrogen-bond donors (Lipinski definition) is 1. The Balaban J connectivity index is 2.16. The van der Waals surface area contributed by atoms with Crippen molar-refractivity contribution in [2.75, 3.05) is 6.61 Å². The summed E-state index contributed by atoms with van der Waals surface area (Å²) in [5.74, 6) is 0.108. The summed E-state index contributed by atoms with van der Waals surface area (Å²) in [6, 6.07) is 0.235. The third kappa shape index (κ3) is 3.22. The first-order valence-corrected chi connectivity index (χ1v) is 4.59. The Hall–Kier alpha value is -0.570. The minimum atomic E-state index is 0.108. The molecule has 1 heterocycles. The number of ether oxygens (including phenoxy) is 1. The summed E-state index contributed by atoms with van der Waals surface area (Å²) in [6.45, 7) is 4.75. The van der Waals surface area contributed by atoms with E-state index < -0.39 is 0 Å². The van der Waals surface area contributed by atoms with Gasteiger partial charge in [0.25, 0.3) is 0 Å². The van der Waals surface area contributed by atoms with Gasteiger partial charge in [-0.15, -0.1) is 0 Å². The zero-order valence-electron chi connectivity index (χ0n) is 7.80. The first kappa shape index (κ1) is 9.52. The molecule has 1 fully saturated rings. The van der Waals surface area contributed by atoms with Crippen molar-refractivity contribution in [2.24, 2.45) is 0 Å². The molecule has 0 aromatic carbocycles. The van der Waals surface area contributed by atoms with Crippen LogP contribution in [0.1, 0.15) is 33.1 Å². The lowest BCUT2D eigenvalue weighted by Crippen LogP contribution is -2.32. The van der Waals surface area contributed by atoms with Crippen LogP contribution >= 0.6 is 0 Å². The van der Waals surface area contributed by atoms with Gasteiger partial charge in [-0.3, -0.25) is 4.79 Å². The maximum Gasteiger partial charge on any atom is 0.222 e. The molecule has 0 aromatic rings. The van der Waals surface area contributed by atoms with Crippen LogP contribution in [0.15, 0.2) is 0 Å². The predicted molar refractivity (Wildman–Crippen MR) is 46.9 cm³/mol. The summed E-state index contributed by atoms with van der Waals surface area (Å²) in [4.78, 5) is 11.2. The minimum absolute atomic E-state index is 0.108.